The van der Waals surface area contributed by atoms with Crippen LogP contribution in [-0.2, 0) is 16.1 Å². The lowest BCUT2D eigenvalue weighted by Crippen LogP contribution is -2.25. The van der Waals surface area contributed by atoms with Gasteiger partial charge in [0.05, 0.1) is 5.56 Å². The number of fused-ring (bicyclic) bond motifs is 1. The summed E-state index contributed by atoms with van der Waals surface area (Å²) >= 11 is 0. The Morgan fingerprint density at radius 1 is 1.07 bits per heavy atom. The zero-order valence-electron chi connectivity index (χ0n) is 16.0. The Morgan fingerprint density at radius 3 is 2.43 bits per heavy atom. The summed E-state index contributed by atoms with van der Waals surface area (Å²) in [6, 6.07) is 14.2. The van der Waals surface area contributed by atoms with Crippen molar-refractivity contribution in [3.63, 3.8) is 0 Å². The lowest BCUT2D eigenvalue weighted by atomic mass is 10.0. The minimum Gasteiger partial charge on any atom is -0.451 e. The molecule has 2 N–H and O–H groups in total. The predicted octanol–water partition coefficient (Wildman–Crippen LogP) is 3.54. The van der Waals surface area contributed by atoms with Gasteiger partial charge in [0.2, 0.25) is 11.7 Å². The molecule has 0 bridgehead atoms. The van der Waals surface area contributed by atoms with E-state index in [1.807, 2.05) is 31.2 Å². The fraction of sp³-hybridized carbons (Fsp3) is 0.227. The van der Waals surface area contributed by atoms with Gasteiger partial charge in [0.1, 0.15) is 0 Å². The van der Waals surface area contributed by atoms with Crippen LogP contribution in [0.4, 0.5) is 0 Å². The highest BCUT2D eigenvalue weighted by Gasteiger charge is 2.24. The number of carbonyl (C=O) groups excluding carboxylic acids is 3. The number of Topliss-reactive ketones (excluding diaryl/α,β-unsaturated/α-hetero) is 1. The summed E-state index contributed by atoms with van der Waals surface area (Å²) in [6.45, 7) is 5.24. The van der Waals surface area contributed by atoms with E-state index in [4.69, 9.17) is 4.74 Å². The molecule has 0 fully saturated rings. The number of carbonyl (C=O) groups is 3. The molecule has 0 saturated heterocycles. The minimum absolute atomic E-state index is 0.122. The highest BCUT2D eigenvalue weighted by atomic mass is 16.5. The smallest absolute Gasteiger partial charge is 0.338 e. The Balaban J connectivity index is 1.70. The fourth-order valence-corrected chi connectivity index (χ4v) is 3.06. The summed E-state index contributed by atoms with van der Waals surface area (Å²) in [7, 11) is 0. The van der Waals surface area contributed by atoms with Gasteiger partial charge in [0.25, 0.3) is 0 Å². The van der Waals surface area contributed by atoms with E-state index in [1.54, 1.807) is 31.2 Å². The molecule has 144 valence electrons. The van der Waals surface area contributed by atoms with Gasteiger partial charge in [-0.1, -0.05) is 30.3 Å². The van der Waals surface area contributed by atoms with Gasteiger partial charge in [0, 0.05) is 35.6 Å². The first kappa shape index (κ1) is 19.4. The van der Waals surface area contributed by atoms with Crippen molar-refractivity contribution >= 4 is 28.6 Å². The summed E-state index contributed by atoms with van der Waals surface area (Å²) < 4.78 is 5.39. The number of H-pyrrole nitrogens is 1. The zero-order chi connectivity index (χ0) is 20.3. The highest BCUT2D eigenvalue weighted by Crippen LogP contribution is 2.24. The van der Waals surface area contributed by atoms with Crippen molar-refractivity contribution in [2.45, 2.75) is 33.4 Å². The van der Waals surface area contributed by atoms with Gasteiger partial charge < -0.3 is 15.0 Å². The largest absolute Gasteiger partial charge is 0.451 e. The van der Waals surface area contributed by atoms with Crippen molar-refractivity contribution in [1.29, 1.82) is 0 Å². The number of amides is 1. The van der Waals surface area contributed by atoms with E-state index in [0.717, 1.165) is 22.2 Å². The first-order chi connectivity index (χ1) is 13.4. The second-order valence-corrected chi connectivity index (χ2v) is 6.69. The standard InChI is InChI=1S/C22H22N2O4/c1-13-20(18-6-4-5-7-19(18)24-13)21(26)14(2)28-22(27)17-10-8-16(9-11-17)12-23-15(3)25/h4-11,14,24H,12H2,1-3H3,(H,23,25). The molecule has 28 heavy (non-hydrogen) atoms. The second-order valence-electron chi connectivity index (χ2n) is 6.69. The number of hydrogen-bond donors (Lipinski definition) is 2. The van der Waals surface area contributed by atoms with E-state index in [2.05, 4.69) is 10.3 Å². The van der Waals surface area contributed by atoms with Gasteiger partial charge in [-0.3, -0.25) is 9.59 Å². The van der Waals surface area contributed by atoms with Crippen LogP contribution in [0.25, 0.3) is 10.9 Å². The molecule has 0 aliphatic carbocycles. The molecule has 1 unspecified atom stereocenters. The van der Waals surface area contributed by atoms with Crippen molar-refractivity contribution in [2.24, 2.45) is 0 Å². The van der Waals surface area contributed by atoms with Crippen molar-refractivity contribution in [3.05, 3.63) is 70.9 Å². The summed E-state index contributed by atoms with van der Waals surface area (Å²) in [5.74, 6) is -0.932. The SMILES string of the molecule is CC(=O)NCc1ccc(C(=O)OC(C)C(=O)c2c(C)[nH]c3ccccc23)cc1. The van der Waals surface area contributed by atoms with E-state index >= 15 is 0 Å². The van der Waals surface area contributed by atoms with Gasteiger partial charge in [-0.2, -0.15) is 0 Å². The van der Waals surface area contributed by atoms with Gasteiger partial charge >= 0.3 is 5.97 Å². The lowest BCUT2D eigenvalue weighted by Gasteiger charge is -2.13. The molecule has 0 aliphatic heterocycles. The summed E-state index contributed by atoms with van der Waals surface area (Å²) in [5.41, 5.74) is 3.38. The Bertz CT molecular complexity index is 1030. The molecule has 1 atom stereocenters. The molecule has 6 heteroatoms. The number of para-hydroxylation sites is 1. The molecule has 1 amide bonds. The molecular formula is C22H22N2O4. The van der Waals surface area contributed by atoms with Crippen LogP contribution >= 0.6 is 0 Å². The average molecular weight is 378 g/mol. The Morgan fingerprint density at radius 2 is 1.75 bits per heavy atom. The maximum Gasteiger partial charge on any atom is 0.338 e. The first-order valence-electron chi connectivity index (χ1n) is 9.02. The molecule has 3 rings (SSSR count). The maximum atomic E-state index is 12.9. The quantitative estimate of drug-likeness (QED) is 0.507. The number of ketones is 1. The number of aromatic nitrogens is 1. The average Bonchev–Trinajstić information content (AvgIpc) is 3.01. The number of hydrogen-bond acceptors (Lipinski definition) is 4. The minimum atomic E-state index is -0.913. The molecule has 1 aromatic heterocycles. The maximum absolute atomic E-state index is 12.9. The number of ether oxygens (including phenoxy) is 1. The predicted molar refractivity (Wildman–Crippen MR) is 106 cm³/mol. The molecular weight excluding hydrogens is 356 g/mol. The van der Waals surface area contributed by atoms with Crippen molar-refractivity contribution in [2.75, 3.05) is 0 Å². The number of esters is 1. The number of benzene rings is 2. The van der Waals surface area contributed by atoms with Crippen LogP contribution in [0, 0.1) is 6.92 Å². The molecule has 0 saturated carbocycles. The summed E-state index contributed by atoms with van der Waals surface area (Å²) in [6.07, 6.45) is -0.913. The van der Waals surface area contributed by atoms with Gasteiger partial charge in [-0.25, -0.2) is 4.79 Å². The molecule has 1 heterocycles. The third kappa shape index (κ3) is 4.11. The van der Waals surface area contributed by atoms with E-state index in [-0.39, 0.29) is 11.7 Å². The molecule has 0 aliphatic rings. The molecule has 2 aromatic carbocycles. The number of aryl methyl sites for hydroxylation is 1. The number of rotatable bonds is 6. The summed E-state index contributed by atoms with van der Waals surface area (Å²) in [4.78, 5) is 39.4. The van der Waals surface area contributed by atoms with Gasteiger partial charge in [-0.15, -0.1) is 0 Å². The van der Waals surface area contributed by atoms with Crippen LogP contribution in [0.1, 0.15) is 45.8 Å². The zero-order valence-corrected chi connectivity index (χ0v) is 16.0. The van der Waals surface area contributed by atoms with Crippen LogP contribution in [0.2, 0.25) is 0 Å². The Kier molecular flexibility index (Phi) is 5.59. The third-order valence-corrected chi connectivity index (χ3v) is 4.52. The molecule has 6 nitrogen and oxygen atoms in total. The fourth-order valence-electron chi connectivity index (χ4n) is 3.06. The normalized spacial score (nSPS) is 11.8. The highest BCUT2D eigenvalue weighted by molar-refractivity contribution is 6.11. The van der Waals surface area contributed by atoms with Crippen LogP contribution in [0.15, 0.2) is 48.5 Å². The van der Waals surface area contributed by atoms with Crippen LogP contribution < -0.4 is 5.32 Å². The van der Waals surface area contributed by atoms with Gasteiger partial charge in [0.15, 0.2) is 6.10 Å². The van der Waals surface area contributed by atoms with Crippen molar-refractivity contribution in [1.82, 2.24) is 10.3 Å². The first-order valence-corrected chi connectivity index (χ1v) is 9.02. The monoisotopic (exact) mass is 378 g/mol. The topological polar surface area (TPSA) is 88.3 Å². The van der Waals surface area contributed by atoms with Gasteiger partial charge in [-0.05, 0) is 37.6 Å². The second kappa shape index (κ2) is 8.08. The van der Waals surface area contributed by atoms with Crippen LogP contribution in [0.3, 0.4) is 0 Å². The lowest BCUT2D eigenvalue weighted by molar-refractivity contribution is -0.119. The van der Waals surface area contributed by atoms with E-state index in [0.29, 0.717) is 17.7 Å². The van der Waals surface area contributed by atoms with E-state index in [9.17, 15) is 14.4 Å². The third-order valence-electron chi connectivity index (χ3n) is 4.52. The van der Waals surface area contributed by atoms with Crippen molar-refractivity contribution in [3.8, 4) is 0 Å². The number of nitrogens with one attached hydrogen (secondary N) is 2. The molecule has 3 aromatic rings. The van der Waals surface area contributed by atoms with Crippen LogP contribution in [0.5, 0.6) is 0 Å². The molecule has 0 radical (unpaired) electrons. The number of aromatic amines is 1. The van der Waals surface area contributed by atoms with E-state index < -0.39 is 12.1 Å². The Labute approximate surface area is 162 Å². The van der Waals surface area contributed by atoms with E-state index in [1.165, 1.54) is 6.92 Å². The molecule has 0 spiro atoms. The Hall–Kier alpha value is -3.41. The van der Waals surface area contributed by atoms with Crippen LogP contribution in [-0.4, -0.2) is 28.7 Å². The summed E-state index contributed by atoms with van der Waals surface area (Å²) in [5, 5.41) is 3.51. The van der Waals surface area contributed by atoms with Crippen molar-refractivity contribution < 1.29 is 19.1 Å².